The Hall–Kier alpha value is -3.65. The van der Waals surface area contributed by atoms with Crippen molar-refractivity contribution in [3.8, 4) is 11.4 Å². The molecule has 4 aromatic rings. The molecule has 0 radical (unpaired) electrons. The van der Waals surface area contributed by atoms with Gasteiger partial charge in [-0.1, -0.05) is 18.2 Å². The summed E-state index contributed by atoms with van der Waals surface area (Å²) in [5.41, 5.74) is 9.97. The molecule has 0 unspecified atom stereocenters. The highest BCUT2D eigenvalue weighted by Crippen LogP contribution is 2.32. The van der Waals surface area contributed by atoms with E-state index >= 15 is 0 Å². The molecule has 0 saturated carbocycles. The van der Waals surface area contributed by atoms with Crippen LogP contribution in [0.3, 0.4) is 0 Å². The Morgan fingerprint density at radius 1 is 1.12 bits per heavy atom. The maximum Gasteiger partial charge on any atom is 0.257 e. The highest BCUT2D eigenvalue weighted by molar-refractivity contribution is 6.11. The van der Waals surface area contributed by atoms with E-state index in [4.69, 9.17) is 25.2 Å². The number of nitrogen functional groups attached to an aromatic ring is 1. The third kappa shape index (κ3) is 4.22. The molecule has 166 valence electrons. The Kier molecular flexibility index (Phi) is 6.23. The van der Waals surface area contributed by atoms with Gasteiger partial charge in [-0.2, -0.15) is 0 Å². The molecule has 4 rings (SSSR count). The topological polar surface area (TPSA) is 104 Å². The summed E-state index contributed by atoms with van der Waals surface area (Å²) in [6.45, 7) is 5.01. The van der Waals surface area contributed by atoms with Crippen molar-refractivity contribution in [2.24, 2.45) is 0 Å². The second-order valence-corrected chi connectivity index (χ2v) is 7.71. The number of nitrogens with one attached hydrogen (secondary N) is 1. The van der Waals surface area contributed by atoms with Crippen LogP contribution in [0, 0.1) is 0 Å². The molecule has 2 aromatic carbocycles. The molecule has 0 aliphatic carbocycles. The lowest BCUT2D eigenvalue weighted by atomic mass is 10.2. The van der Waals surface area contributed by atoms with E-state index in [0.717, 1.165) is 11.2 Å². The molecule has 0 spiro atoms. The van der Waals surface area contributed by atoms with E-state index in [-0.39, 0.29) is 17.8 Å². The summed E-state index contributed by atoms with van der Waals surface area (Å²) in [5, 5.41) is 2.94. The van der Waals surface area contributed by atoms with Crippen LogP contribution in [0.25, 0.3) is 27.9 Å². The predicted molar refractivity (Wildman–Crippen MR) is 125 cm³/mol. The van der Waals surface area contributed by atoms with E-state index < -0.39 is 0 Å². The molecule has 8 heteroatoms. The summed E-state index contributed by atoms with van der Waals surface area (Å²) in [4.78, 5) is 22.7. The third-order valence-corrected chi connectivity index (χ3v) is 5.09. The number of hydrogen-bond acceptors (Lipinski definition) is 6. The number of nitrogens with two attached hydrogens (primary N) is 1. The first-order valence-electron chi connectivity index (χ1n) is 10.6. The number of carbonyl (C=O) groups is 1. The molecule has 0 aliphatic heterocycles. The zero-order valence-corrected chi connectivity index (χ0v) is 18.5. The lowest BCUT2D eigenvalue weighted by molar-refractivity contribution is 0.0757. The maximum atomic E-state index is 13.1. The molecule has 0 aliphatic rings. The molecule has 32 heavy (non-hydrogen) atoms. The number of amides is 1. The number of nitrogens with zero attached hydrogens (tertiary/aromatic N) is 3. The molecule has 2 aromatic heterocycles. The van der Waals surface area contributed by atoms with Gasteiger partial charge in [0.15, 0.2) is 5.65 Å². The highest BCUT2D eigenvalue weighted by atomic mass is 16.5. The van der Waals surface area contributed by atoms with Gasteiger partial charge >= 0.3 is 0 Å². The Bertz CT molecular complexity index is 1270. The zero-order chi connectivity index (χ0) is 22.7. The Morgan fingerprint density at radius 2 is 1.88 bits per heavy atom. The predicted octanol–water partition coefficient (Wildman–Crippen LogP) is 3.71. The van der Waals surface area contributed by atoms with Crippen LogP contribution in [0.5, 0.6) is 5.75 Å². The van der Waals surface area contributed by atoms with Crippen molar-refractivity contribution in [1.29, 1.82) is 0 Å². The number of methoxy groups -OCH3 is 1. The first-order chi connectivity index (χ1) is 15.5. The number of para-hydroxylation sites is 2. The van der Waals surface area contributed by atoms with Crippen molar-refractivity contribution in [1.82, 2.24) is 19.9 Å². The van der Waals surface area contributed by atoms with E-state index in [1.165, 1.54) is 0 Å². The van der Waals surface area contributed by atoms with Gasteiger partial charge in [-0.15, -0.1) is 0 Å². The van der Waals surface area contributed by atoms with Gasteiger partial charge in [0.05, 0.1) is 29.9 Å². The van der Waals surface area contributed by atoms with Crippen molar-refractivity contribution in [2.45, 2.75) is 26.4 Å². The number of aromatic nitrogens is 3. The van der Waals surface area contributed by atoms with E-state index in [9.17, 15) is 4.79 Å². The molecule has 0 fully saturated rings. The fraction of sp³-hybridized carbons (Fsp3) is 0.292. The quantitative estimate of drug-likeness (QED) is 0.411. The van der Waals surface area contributed by atoms with Crippen LogP contribution in [0.15, 0.2) is 48.5 Å². The Morgan fingerprint density at radius 3 is 2.59 bits per heavy atom. The number of ether oxygens (including phenoxy) is 2. The molecule has 0 atom stereocenters. The lowest BCUT2D eigenvalue weighted by Gasteiger charge is -2.10. The van der Waals surface area contributed by atoms with Crippen LogP contribution in [-0.2, 0) is 4.74 Å². The average molecular weight is 434 g/mol. The van der Waals surface area contributed by atoms with Gasteiger partial charge in [0.25, 0.3) is 5.91 Å². The molecule has 3 N–H and O–H groups in total. The number of rotatable bonds is 8. The van der Waals surface area contributed by atoms with Crippen LogP contribution in [0.4, 0.5) is 5.82 Å². The van der Waals surface area contributed by atoms with E-state index in [1.807, 2.05) is 62.4 Å². The molecular weight excluding hydrogens is 406 g/mol. The minimum Gasteiger partial charge on any atom is -0.497 e. The zero-order valence-electron chi connectivity index (χ0n) is 18.5. The fourth-order valence-electron chi connectivity index (χ4n) is 3.58. The van der Waals surface area contributed by atoms with Gasteiger partial charge in [0.1, 0.15) is 22.6 Å². The van der Waals surface area contributed by atoms with Crippen LogP contribution >= 0.6 is 0 Å². The van der Waals surface area contributed by atoms with Gasteiger partial charge < -0.3 is 20.5 Å². The summed E-state index contributed by atoms with van der Waals surface area (Å²) in [6, 6.07) is 15.0. The monoisotopic (exact) mass is 433 g/mol. The summed E-state index contributed by atoms with van der Waals surface area (Å²) >= 11 is 0. The second kappa shape index (κ2) is 9.23. The van der Waals surface area contributed by atoms with E-state index in [1.54, 1.807) is 11.7 Å². The molecule has 0 bridgehead atoms. The number of fused-ring (bicyclic) bond motifs is 2. The van der Waals surface area contributed by atoms with Crippen LogP contribution in [0.2, 0.25) is 0 Å². The standard InChI is InChI=1S/C24H27N5O3/c1-15(2)32-13-7-12-26-24(30)20-21-23(28-19-11-5-4-10-18(19)27-21)29(22(20)25)16-8-6-9-17(14-16)31-3/h4-6,8-11,14-15H,7,12-13,25H2,1-3H3,(H,26,30). The van der Waals surface area contributed by atoms with Gasteiger partial charge in [0, 0.05) is 19.2 Å². The summed E-state index contributed by atoms with van der Waals surface area (Å²) < 4.78 is 12.6. The Labute approximate surface area is 186 Å². The first-order valence-corrected chi connectivity index (χ1v) is 10.6. The summed E-state index contributed by atoms with van der Waals surface area (Å²) in [5.74, 6) is 0.663. The van der Waals surface area contributed by atoms with Crippen molar-refractivity contribution in [3.05, 3.63) is 54.1 Å². The second-order valence-electron chi connectivity index (χ2n) is 7.71. The smallest absolute Gasteiger partial charge is 0.257 e. The van der Waals surface area contributed by atoms with Crippen molar-refractivity contribution >= 4 is 33.9 Å². The lowest BCUT2D eigenvalue weighted by Crippen LogP contribution is -2.26. The van der Waals surface area contributed by atoms with Crippen LogP contribution in [0.1, 0.15) is 30.6 Å². The minimum absolute atomic E-state index is 0.158. The van der Waals surface area contributed by atoms with E-state index in [0.29, 0.717) is 47.6 Å². The van der Waals surface area contributed by atoms with Crippen LogP contribution < -0.4 is 15.8 Å². The van der Waals surface area contributed by atoms with Gasteiger partial charge in [-0.3, -0.25) is 9.36 Å². The molecule has 2 heterocycles. The minimum atomic E-state index is -0.289. The normalized spacial score (nSPS) is 11.4. The molecule has 0 saturated heterocycles. The third-order valence-electron chi connectivity index (χ3n) is 5.09. The molecule has 1 amide bonds. The van der Waals surface area contributed by atoms with Crippen LogP contribution in [-0.4, -0.2) is 46.8 Å². The molecule has 8 nitrogen and oxygen atoms in total. The number of benzene rings is 2. The summed E-state index contributed by atoms with van der Waals surface area (Å²) in [7, 11) is 1.60. The largest absolute Gasteiger partial charge is 0.497 e. The van der Waals surface area contributed by atoms with Crippen molar-refractivity contribution in [3.63, 3.8) is 0 Å². The number of hydrogen-bond donors (Lipinski definition) is 2. The number of carbonyl (C=O) groups excluding carboxylic acids is 1. The Balaban J connectivity index is 1.78. The van der Waals surface area contributed by atoms with Crippen molar-refractivity contribution < 1.29 is 14.3 Å². The first kappa shape index (κ1) is 21.6. The summed E-state index contributed by atoms with van der Waals surface area (Å²) in [6.07, 6.45) is 0.859. The van der Waals surface area contributed by atoms with Gasteiger partial charge in [0.2, 0.25) is 0 Å². The SMILES string of the molecule is COc1cccc(-n2c(N)c(C(=O)NCCCOC(C)C)c3nc4ccccc4nc32)c1. The molecular formula is C24H27N5O3. The highest BCUT2D eigenvalue weighted by Gasteiger charge is 2.24. The maximum absolute atomic E-state index is 13.1. The number of anilines is 1. The average Bonchev–Trinajstić information content (AvgIpc) is 3.07. The van der Waals surface area contributed by atoms with Crippen molar-refractivity contribution in [2.75, 3.05) is 26.0 Å². The van der Waals surface area contributed by atoms with Gasteiger partial charge in [-0.25, -0.2) is 9.97 Å². The van der Waals surface area contributed by atoms with Gasteiger partial charge in [-0.05, 0) is 44.5 Å². The van der Waals surface area contributed by atoms with E-state index in [2.05, 4.69) is 5.32 Å². The fourth-order valence-corrected chi connectivity index (χ4v) is 3.58.